The highest BCUT2D eigenvalue weighted by atomic mass is 16.4. The Balaban J connectivity index is 2.41. The molecule has 0 heterocycles. The van der Waals surface area contributed by atoms with Gasteiger partial charge in [-0.05, 0) is 152 Å². The molecule has 13 atom stereocenters. The van der Waals surface area contributed by atoms with Crippen LogP contribution >= 0.6 is 0 Å². The van der Waals surface area contributed by atoms with Crippen LogP contribution in [0.25, 0.3) is 0 Å². The van der Waals surface area contributed by atoms with E-state index in [9.17, 15) is 92.7 Å². The van der Waals surface area contributed by atoms with Gasteiger partial charge in [-0.1, -0.05) is 24.3 Å². The van der Waals surface area contributed by atoms with E-state index in [0.717, 1.165) is 6.92 Å². The standard InChI is InChI=1S/C64H106N24O19/c1-32(89)50(88-58(102)44(20-25-69)83-53(97)39(7-4-26-76-63(72)73)80-59(103)45(30-48(71)92)86-60(104)46(31-49(93)94)85-51(95)37(70)28-33-9-13-35(90)14-10-33)61(105)84-43(19-24-68)57(101)78-38(6-2-3-21-65)52(96)81-42(18-23-67)56(100)82-41(17-22-66)55(99)79-40(8-5-27-77-64(74)75)54(98)87-47(62(106)107)29-34-11-15-36(91)16-12-34/h9-16,32,37-47,50,89-91H,2-8,17-31,65-70H2,1H3,(H2,71,92)(H,78,101)(H,79,99)(H,80,103)(H,81,96)(H,82,100)(H,83,97)(H,84,105)(H,85,95)(H,86,104)(H,87,98)(H,88,102)(H,93,94)(H,106,107)(H4,72,73,76)(H4,74,75,77)/t32-,37+,38+,39+,40+,41+,42+,43-,44+,45+,46+,47+,50+/m1/s1. The molecule has 0 fully saturated rings. The zero-order valence-electron chi connectivity index (χ0n) is 59.3. The van der Waals surface area contributed by atoms with Gasteiger partial charge in [-0.15, -0.1) is 0 Å². The summed E-state index contributed by atoms with van der Waals surface area (Å²) in [7, 11) is 0. The van der Waals surface area contributed by atoms with E-state index in [4.69, 9.17) is 62.4 Å². The number of aliphatic hydroxyl groups excluding tert-OH is 1. The number of phenols is 2. The predicted octanol–water partition coefficient (Wildman–Crippen LogP) is -10.6. The second-order valence-corrected chi connectivity index (χ2v) is 24.9. The third-order valence-corrected chi connectivity index (χ3v) is 16.0. The number of aromatic hydroxyl groups is 2. The molecule has 0 aliphatic heterocycles. The van der Waals surface area contributed by atoms with E-state index in [-0.39, 0.29) is 134 Å². The number of guanidine groups is 2. The molecule has 0 aliphatic carbocycles. The van der Waals surface area contributed by atoms with Crippen LogP contribution in [0, 0.1) is 10.8 Å². The Bertz CT molecular complexity index is 3320. The fourth-order valence-electron chi connectivity index (χ4n) is 10.3. The maximum Gasteiger partial charge on any atom is 0.326 e. The van der Waals surface area contributed by atoms with Gasteiger partial charge in [0.2, 0.25) is 70.9 Å². The van der Waals surface area contributed by atoms with E-state index >= 15 is 0 Å². The van der Waals surface area contributed by atoms with Gasteiger partial charge in [0.25, 0.3) is 0 Å². The Hall–Kier alpha value is -11.1. The number of carboxylic acids is 2. The normalized spacial score (nSPS) is 14.6. The minimum atomic E-state index is -1.96. The Morgan fingerprint density at radius 2 is 0.673 bits per heavy atom. The number of nitrogens with two attached hydrogens (primary N) is 9. The van der Waals surface area contributed by atoms with E-state index in [0.29, 0.717) is 17.5 Å². The van der Waals surface area contributed by atoms with Gasteiger partial charge in [0.15, 0.2) is 11.9 Å². The first-order valence-corrected chi connectivity index (χ1v) is 34.3. The van der Waals surface area contributed by atoms with E-state index < -0.39 is 186 Å². The number of rotatable bonds is 52. The van der Waals surface area contributed by atoms with Crippen molar-refractivity contribution in [3.63, 3.8) is 0 Å². The maximum atomic E-state index is 14.3. The highest BCUT2D eigenvalue weighted by molar-refractivity contribution is 6.00. The Morgan fingerprint density at radius 1 is 0.374 bits per heavy atom. The molecule has 0 radical (unpaired) electrons. The molecule has 596 valence electrons. The van der Waals surface area contributed by atoms with Crippen molar-refractivity contribution in [3.8, 4) is 11.5 Å². The molecular weight excluding hydrogens is 1410 g/mol. The first kappa shape index (κ1) is 92.0. The summed E-state index contributed by atoms with van der Waals surface area (Å²) >= 11 is 0. The first-order valence-electron chi connectivity index (χ1n) is 34.3. The number of nitrogens with one attached hydrogen (secondary N) is 15. The van der Waals surface area contributed by atoms with Crippen LogP contribution in [0.1, 0.15) is 102 Å². The molecule has 43 nitrogen and oxygen atoms in total. The van der Waals surface area contributed by atoms with E-state index in [1.54, 1.807) is 0 Å². The van der Waals surface area contributed by atoms with Crippen LogP contribution in [0.4, 0.5) is 0 Å². The molecule has 2 aromatic carbocycles. The Kier molecular flexibility index (Phi) is 42.0. The molecule has 0 spiro atoms. The fourth-order valence-corrected chi connectivity index (χ4v) is 10.3. The van der Waals surface area contributed by atoms with Gasteiger partial charge in [-0.2, -0.15) is 0 Å². The third-order valence-electron chi connectivity index (χ3n) is 16.0. The molecule has 0 bridgehead atoms. The highest BCUT2D eigenvalue weighted by Gasteiger charge is 2.38. The largest absolute Gasteiger partial charge is 0.508 e. The van der Waals surface area contributed by atoms with Crippen molar-refractivity contribution < 1.29 is 92.7 Å². The number of hydrogen-bond acceptors (Lipinski definition) is 25. The van der Waals surface area contributed by atoms with Crippen LogP contribution in [0.5, 0.6) is 11.5 Å². The van der Waals surface area contributed by atoms with Crippen LogP contribution in [-0.4, -0.2) is 245 Å². The summed E-state index contributed by atoms with van der Waals surface area (Å²) < 4.78 is 0. The average Bonchev–Trinajstić information content (AvgIpc) is 0.734. The second-order valence-electron chi connectivity index (χ2n) is 24.9. The number of carbonyl (C=O) groups excluding carboxylic acids is 12. The van der Waals surface area contributed by atoms with Gasteiger partial charge in [0.1, 0.15) is 78.0 Å². The van der Waals surface area contributed by atoms with Crippen molar-refractivity contribution in [3.05, 3.63) is 59.7 Å². The Labute approximate surface area is 615 Å². The van der Waals surface area contributed by atoms with Gasteiger partial charge in [0.05, 0.1) is 25.0 Å². The number of aliphatic hydroxyl groups is 1. The molecule has 0 saturated carbocycles. The van der Waals surface area contributed by atoms with Crippen LogP contribution < -0.4 is 121 Å². The molecule has 12 amide bonds. The molecule has 0 saturated heterocycles. The van der Waals surface area contributed by atoms with Crippen LogP contribution in [0.3, 0.4) is 0 Å². The summed E-state index contributed by atoms with van der Waals surface area (Å²) in [6.45, 7) is 0.130. The van der Waals surface area contributed by atoms with Crippen molar-refractivity contribution in [2.45, 2.75) is 182 Å². The summed E-state index contributed by atoms with van der Waals surface area (Å²) in [5.41, 5.74) is 52.5. The van der Waals surface area contributed by atoms with Crippen molar-refractivity contribution in [1.82, 2.24) is 69.1 Å². The summed E-state index contributed by atoms with van der Waals surface area (Å²) in [5, 5.41) is 96.3. The van der Waals surface area contributed by atoms with Crippen molar-refractivity contribution in [1.29, 1.82) is 10.8 Å². The summed E-state index contributed by atoms with van der Waals surface area (Å²) in [6, 6.07) is -8.52. The summed E-state index contributed by atoms with van der Waals surface area (Å²) in [5.74, 6) is -17.2. The molecule has 0 aliphatic rings. The lowest BCUT2D eigenvalue weighted by molar-refractivity contribution is -0.142. The van der Waals surface area contributed by atoms with E-state index in [1.807, 2.05) is 0 Å². The topological polar surface area (TPSA) is 778 Å². The fraction of sp³-hybridized carbons (Fsp3) is 0.562. The van der Waals surface area contributed by atoms with Gasteiger partial charge in [-0.25, -0.2) is 4.79 Å². The third kappa shape index (κ3) is 35.5. The van der Waals surface area contributed by atoms with Gasteiger partial charge >= 0.3 is 11.9 Å². The zero-order valence-corrected chi connectivity index (χ0v) is 59.3. The lowest BCUT2D eigenvalue weighted by Crippen LogP contribution is -2.62. The number of amides is 12. The van der Waals surface area contributed by atoms with Gasteiger partial charge < -0.3 is 146 Å². The molecule has 2 aromatic rings. The minimum Gasteiger partial charge on any atom is -0.508 e. The molecular formula is C64H106N24O19. The number of unbranched alkanes of at least 4 members (excludes halogenated alkanes) is 1. The maximum absolute atomic E-state index is 14.3. The average molecular weight is 1520 g/mol. The van der Waals surface area contributed by atoms with Gasteiger partial charge in [-0.3, -0.25) is 73.1 Å². The van der Waals surface area contributed by atoms with Crippen molar-refractivity contribution in [2.75, 3.05) is 45.8 Å². The molecule has 0 unspecified atom stereocenters. The van der Waals surface area contributed by atoms with Crippen LogP contribution in [0.15, 0.2) is 48.5 Å². The number of aliphatic carboxylic acids is 2. The Morgan fingerprint density at radius 3 is 1.00 bits per heavy atom. The number of carbonyl (C=O) groups is 14. The van der Waals surface area contributed by atoms with E-state index in [2.05, 4.69) is 69.1 Å². The lowest BCUT2D eigenvalue weighted by atomic mass is 10.0. The number of hydrogen-bond donors (Lipinski definition) is 29. The molecule has 0 aromatic heterocycles. The lowest BCUT2D eigenvalue weighted by Gasteiger charge is -2.29. The number of carboxylic acid groups (broad SMARTS) is 2. The quantitative estimate of drug-likeness (QED) is 0.0166. The monoisotopic (exact) mass is 1510 g/mol. The number of primary amides is 1. The second kappa shape index (κ2) is 48.8. The number of phenolic OH excluding ortho intramolecular Hbond substituents is 2. The predicted molar refractivity (Wildman–Crippen MR) is 384 cm³/mol. The number of benzene rings is 2. The zero-order chi connectivity index (χ0) is 80.5. The molecule has 38 N–H and O–H groups in total. The van der Waals surface area contributed by atoms with Crippen molar-refractivity contribution >= 4 is 94.7 Å². The SMILES string of the molecule is C[C@@H](O)[C@H](NC(=O)[C@H](CCN)NC(=O)[C@H](CCCNC(=N)N)NC(=O)[C@H](CC(N)=O)NC(=O)[C@H](CC(=O)O)NC(=O)[C@@H](N)Cc1ccc(O)cc1)C(=O)N[C@H](CCN)C(=O)N[C@@H](CCCCN)C(=O)N[C@@H](CCN)C(=O)N[C@@H](CCN)C(=O)N[C@@H](CCCNC(=N)N)C(=O)N[C@@H](Cc1ccc(O)cc1)C(=O)O. The van der Waals surface area contributed by atoms with Crippen LogP contribution in [0.2, 0.25) is 0 Å². The van der Waals surface area contributed by atoms with Crippen LogP contribution in [-0.2, 0) is 80.0 Å². The smallest absolute Gasteiger partial charge is 0.326 e. The molecule has 43 heteroatoms. The first-order chi connectivity index (χ1) is 50.6. The van der Waals surface area contributed by atoms with Crippen molar-refractivity contribution in [2.24, 2.45) is 51.6 Å². The molecule has 2 rings (SSSR count). The van der Waals surface area contributed by atoms with E-state index in [1.165, 1.54) is 48.5 Å². The van der Waals surface area contributed by atoms with Gasteiger partial charge in [0, 0.05) is 19.5 Å². The highest BCUT2D eigenvalue weighted by Crippen LogP contribution is 2.15. The minimum absolute atomic E-state index is 0.0503. The summed E-state index contributed by atoms with van der Waals surface area (Å²) in [6.07, 6.45) is -5.40. The summed E-state index contributed by atoms with van der Waals surface area (Å²) in [4.78, 5) is 190. The molecule has 107 heavy (non-hydrogen) atoms.